The molecule has 0 saturated heterocycles. The van der Waals surface area contributed by atoms with Crippen molar-refractivity contribution in [3.63, 3.8) is 0 Å². The van der Waals surface area contributed by atoms with Crippen molar-refractivity contribution in [2.75, 3.05) is 11.1 Å². The van der Waals surface area contributed by atoms with Gasteiger partial charge in [-0.3, -0.25) is 9.78 Å². The standard InChI is InChI=1S/C18H18ClN5OS/c1-3-24-17(15-8-4-5-10-20-15)22-23-18(24)26-11-16(25)21-14-9-6-7-13(19)12(14)2/h4-10H,3,11H2,1-2H3,(H,21,25). The molecule has 0 aliphatic rings. The van der Waals surface area contributed by atoms with E-state index in [2.05, 4.69) is 20.5 Å². The highest BCUT2D eigenvalue weighted by molar-refractivity contribution is 7.99. The molecule has 0 unspecified atom stereocenters. The lowest BCUT2D eigenvalue weighted by Gasteiger charge is -2.10. The van der Waals surface area contributed by atoms with Gasteiger partial charge in [-0.25, -0.2) is 0 Å². The van der Waals surface area contributed by atoms with E-state index in [1.54, 1.807) is 12.3 Å². The molecule has 1 amide bonds. The van der Waals surface area contributed by atoms with E-state index in [9.17, 15) is 4.79 Å². The highest BCUT2D eigenvalue weighted by Crippen LogP contribution is 2.25. The number of halogens is 1. The number of hydrogen-bond donors (Lipinski definition) is 1. The number of carbonyl (C=O) groups is 1. The van der Waals surface area contributed by atoms with Crippen molar-refractivity contribution in [1.82, 2.24) is 19.7 Å². The fraction of sp³-hybridized carbons (Fsp3) is 0.222. The van der Waals surface area contributed by atoms with Crippen LogP contribution in [-0.4, -0.2) is 31.4 Å². The molecule has 0 aliphatic heterocycles. The second-order valence-electron chi connectivity index (χ2n) is 5.51. The van der Waals surface area contributed by atoms with Crippen molar-refractivity contribution in [2.45, 2.75) is 25.5 Å². The zero-order valence-electron chi connectivity index (χ0n) is 14.4. The van der Waals surface area contributed by atoms with Crippen LogP contribution in [0, 0.1) is 6.92 Å². The van der Waals surface area contributed by atoms with Crippen LogP contribution >= 0.6 is 23.4 Å². The maximum Gasteiger partial charge on any atom is 0.234 e. The number of benzene rings is 1. The summed E-state index contributed by atoms with van der Waals surface area (Å²) in [5, 5.41) is 12.6. The van der Waals surface area contributed by atoms with Gasteiger partial charge in [-0.2, -0.15) is 0 Å². The van der Waals surface area contributed by atoms with Crippen molar-refractivity contribution < 1.29 is 4.79 Å². The van der Waals surface area contributed by atoms with Crippen LogP contribution in [0.5, 0.6) is 0 Å². The molecule has 134 valence electrons. The molecule has 8 heteroatoms. The van der Waals surface area contributed by atoms with Gasteiger partial charge in [0, 0.05) is 23.5 Å². The Morgan fingerprint density at radius 1 is 1.23 bits per heavy atom. The first-order chi connectivity index (χ1) is 12.6. The summed E-state index contributed by atoms with van der Waals surface area (Å²) in [6.45, 7) is 4.57. The summed E-state index contributed by atoms with van der Waals surface area (Å²) in [4.78, 5) is 16.6. The van der Waals surface area contributed by atoms with E-state index < -0.39 is 0 Å². The number of hydrogen-bond acceptors (Lipinski definition) is 5. The molecule has 0 saturated carbocycles. The second-order valence-corrected chi connectivity index (χ2v) is 6.86. The number of aromatic nitrogens is 4. The topological polar surface area (TPSA) is 72.7 Å². The first-order valence-corrected chi connectivity index (χ1v) is 9.49. The number of carbonyl (C=O) groups excluding carboxylic acids is 1. The zero-order chi connectivity index (χ0) is 18.5. The Bertz CT molecular complexity index is 913. The van der Waals surface area contributed by atoms with Crippen LogP contribution in [0.4, 0.5) is 5.69 Å². The van der Waals surface area contributed by atoms with Crippen molar-refractivity contribution in [2.24, 2.45) is 0 Å². The number of anilines is 1. The molecule has 1 N–H and O–H groups in total. The molecule has 0 atom stereocenters. The summed E-state index contributed by atoms with van der Waals surface area (Å²) in [5.74, 6) is 0.804. The van der Waals surface area contributed by atoms with Gasteiger partial charge in [0.2, 0.25) is 5.91 Å². The summed E-state index contributed by atoms with van der Waals surface area (Å²) in [5.41, 5.74) is 2.32. The summed E-state index contributed by atoms with van der Waals surface area (Å²) in [6, 6.07) is 11.1. The van der Waals surface area contributed by atoms with Crippen LogP contribution in [0.2, 0.25) is 5.02 Å². The third kappa shape index (κ3) is 4.05. The smallest absolute Gasteiger partial charge is 0.234 e. The Labute approximate surface area is 161 Å². The predicted molar refractivity (Wildman–Crippen MR) is 104 cm³/mol. The van der Waals surface area contributed by atoms with E-state index in [4.69, 9.17) is 11.6 Å². The minimum absolute atomic E-state index is 0.120. The normalized spacial score (nSPS) is 10.7. The molecule has 0 radical (unpaired) electrons. The Balaban J connectivity index is 1.69. The van der Waals surface area contributed by atoms with Crippen LogP contribution in [0.25, 0.3) is 11.5 Å². The largest absolute Gasteiger partial charge is 0.325 e. The van der Waals surface area contributed by atoms with Crippen LogP contribution < -0.4 is 5.32 Å². The quantitative estimate of drug-likeness (QED) is 0.646. The average Bonchev–Trinajstić information content (AvgIpc) is 3.07. The Hall–Kier alpha value is -2.38. The van der Waals surface area contributed by atoms with Gasteiger partial charge >= 0.3 is 0 Å². The van der Waals surface area contributed by atoms with Gasteiger partial charge in [-0.15, -0.1) is 10.2 Å². The SMILES string of the molecule is CCn1c(SCC(=O)Nc2cccc(Cl)c2C)nnc1-c1ccccn1. The molecular weight excluding hydrogens is 370 g/mol. The molecule has 26 heavy (non-hydrogen) atoms. The number of thioether (sulfide) groups is 1. The monoisotopic (exact) mass is 387 g/mol. The maximum atomic E-state index is 12.3. The third-order valence-corrected chi connectivity index (χ3v) is 5.18. The van der Waals surface area contributed by atoms with Crippen LogP contribution in [0.1, 0.15) is 12.5 Å². The number of nitrogens with zero attached hydrogens (tertiary/aromatic N) is 4. The number of rotatable bonds is 6. The first-order valence-electron chi connectivity index (χ1n) is 8.12. The lowest BCUT2D eigenvalue weighted by Crippen LogP contribution is -2.15. The minimum Gasteiger partial charge on any atom is -0.325 e. The Kier molecular flexibility index (Phi) is 5.90. The molecule has 0 fully saturated rings. The van der Waals surface area contributed by atoms with E-state index in [0.29, 0.717) is 28.2 Å². The van der Waals surface area contributed by atoms with Crippen molar-refractivity contribution in [1.29, 1.82) is 0 Å². The number of amides is 1. The van der Waals surface area contributed by atoms with Gasteiger partial charge in [0.1, 0.15) is 5.69 Å². The zero-order valence-corrected chi connectivity index (χ0v) is 16.0. The van der Waals surface area contributed by atoms with Gasteiger partial charge in [0.15, 0.2) is 11.0 Å². The average molecular weight is 388 g/mol. The van der Waals surface area contributed by atoms with E-state index >= 15 is 0 Å². The van der Waals surface area contributed by atoms with Gasteiger partial charge in [0.05, 0.1) is 5.75 Å². The minimum atomic E-state index is -0.120. The predicted octanol–water partition coefficient (Wildman–Crippen LogP) is 4.05. The van der Waals surface area contributed by atoms with Crippen molar-refractivity contribution in [3.8, 4) is 11.5 Å². The molecular formula is C18H18ClN5OS. The van der Waals surface area contributed by atoms with Crippen molar-refractivity contribution >= 4 is 35.0 Å². The van der Waals surface area contributed by atoms with Gasteiger partial charge in [0.25, 0.3) is 0 Å². The van der Waals surface area contributed by atoms with Crippen LogP contribution in [0.3, 0.4) is 0 Å². The molecule has 2 aromatic heterocycles. The fourth-order valence-corrected chi connectivity index (χ4v) is 3.40. The molecule has 3 rings (SSSR count). The maximum absolute atomic E-state index is 12.3. The van der Waals surface area contributed by atoms with E-state index in [1.165, 1.54) is 11.8 Å². The van der Waals surface area contributed by atoms with E-state index in [1.807, 2.05) is 48.7 Å². The number of pyridine rings is 1. The summed E-state index contributed by atoms with van der Waals surface area (Å²) < 4.78 is 1.95. The molecule has 0 bridgehead atoms. The van der Waals surface area contributed by atoms with Crippen LogP contribution in [0.15, 0.2) is 47.8 Å². The van der Waals surface area contributed by atoms with Crippen LogP contribution in [-0.2, 0) is 11.3 Å². The summed E-state index contributed by atoms with van der Waals surface area (Å²) >= 11 is 7.43. The first kappa shape index (κ1) is 18.4. The van der Waals surface area contributed by atoms with Gasteiger partial charge in [-0.1, -0.05) is 35.5 Å². The molecule has 0 aliphatic carbocycles. The highest BCUT2D eigenvalue weighted by atomic mass is 35.5. The molecule has 2 heterocycles. The lowest BCUT2D eigenvalue weighted by atomic mass is 10.2. The summed E-state index contributed by atoms with van der Waals surface area (Å²) in [6.07, 6.45) is 1.72. The molecule has 0 spiro atoms. The van der Waals surface area contributed by atoms with Gasteiger partial charge < -0.3 is 9.88 Å². The third-order valence-electron chi connectivity index (χ3n) is 3.80. The molecule has 3 aromatic rings. The fourth-order valence-electron chi connectivity index (χ4n) is 2.42. The van der Waals surface area contributed by atoms with Gasteiger partial charge in [-0.05, 0) is 43.7 Å². The lowest BCUT2D eigenvalue weighted by molar-refractivity contribution is -0.113. The molecule has 6 nitrogen and oxygen atoms in total. The van der Waals surface area contributed by atoms with E-state index in [-0.39, 0.29) is 11.7 Å². The van der Waals surface area contributed by atoms with E-state index in [0.717, 1.165) is 11.3 Å². The second kappa shape index (κ2) is 8.33. The Morgan fingerprint density at radius 3 is 2.81 bits per heavy atom. The Morgan fingerprint density at radius 2 is 2.08 bits per heavy atom. The van der Waals surface area contributed by atoms with Crippen molar-refractivity contribution in [3.05, 3.63) is 53.2 Å². The molecule has 1 aromatic carbocycles. The number of nitrogens with one attached hydrogen (secondary N) is 1. The summed E-state index contributed by atoms with van der Waals surface area (Å²) in [7, 11) is 0. The highest BCUT2D eigenvalue weighted by Gasteiger charge is 2.15.